The third-order valence-corrected chi connectivity index (χ3v) is 7.20. The summed E-state index contributed by atoms with van der Waals surface area (Å²) in [5, 5.41) is 0. The summed E-state index contributed by atoms with van der Waals surface area (Å²) < 4.78 is 34.9. The van der Waals surface area contributed by atoms with Crippen LogP contribution in [0.1, 0.15) is 31.1 Å². The van der Waals surface area contributed by atoms with Gasteiger partial charge in [0, 0.05) is 38.8 Å². The minimum atomic E-state index is -3.42. The highest BCUT2D eigenvalue weighted by atomic mass is 32.2. The van der Waals surface area contributed by atoms with E-state index in [1.807, 2.05) is 12.1 Å². The van der Waals surface area contributed by atoms with Crippen LogP contribution in [-0.4, -0.2) is 60.7 Å². The van der Waals surface area contributed by atoms with Gasteiger partial charge in [-0.15, -0.1) is 0 Å². The summed E-state index contributed by atoms with van der Waals surface area (Å²) in [5.41, 5.74) is 0. The van der Waals surface area contributed by atoms with E-state index in [2.05, 4.69) is 17.1 Å². The average Bonchev–Trinajstić information content (AvgIpc) is 3.36. The summed E-state index contributed by atoms with van der Waals surface area (Å²) >= 11 is 0. The fraction of sp³-hybridized carbons (Fsp3) is 0.625. The first kappa shape index (κ1) is 15.4. The van der Waals surface area contributed by atoms with Gasteiger partial charge in [0.15, 0.2) is 0 Å². The fourth-order valence-corrected chi connectivity index (χ4v) is 5.82. The van der Waals surface area contributed by atoms with Gasteiger partial charge < -0.3 is 4.42 Å². The van der Waals surface area contributed by atoms with Gasteiger partial charge in [0.1, 0.15) is 5.76 Å². The van der Waals surface area contributed by atoms with Crippen molar-refractivity contribution >= 4 is 10.2 Å². The van der Waals surface area contributed by atoms with E-state index < -0.39 is 10.2 Å². The van der Waals surface area contributed by atoms with Crippen molar-refractivity contribution in [1.29, 1.82) is 0 Å². The Morgan fingerprint density at radius 1 is 1.13 bits per heavy atom. The molecule has 3 aliphatic heterocycles. The second-order valence-corrected chi connectivity index (χ2v) is 8.40. The minimum Gasteiger partial charge on any atom is -0.468 e. The topological polar surface area (TPSA) is 57.0 Å². The zero-order valence-electron chi connectivity index (χ0n) is 13.2. The summed E-state index contributed by atoms with van der Waals surface area (Å²) in [6, 6.07) is 3.89. The number of nitrogens with zero attached hydrogens (tertiary/aromatic N) is 3. The van der Waals surface area contributed by atoms with Crippen LogP contribution in [0.25, 0.3) is 0 Å². The van der Waals surface area contributed by atoms with Crippen LogP contribution in [0.2, 0.25) is 0 Å². The molecule has 0 amide bonds. The minimum absolute atomic E-state index is 0.150. The van der Waals surface area contributed by atoms with E-state index in [-0.39, 0.29) is 6.04 Å². The van der Waals surface area contributed by atoms with Crippen LogP contribution in [0, 0.1) is 0 Å². The Hall–Kier alpha value is -1.15. The molecule has 0 N–H and O–H groups in total. The molecule has 0 spiro atoms. The van der Waals surface area contributed by atoms with E-state index in [0.717, 1.165) is 38.1 Å². The first-order chi connectivity index (χ1) is 11.2. The maximum Gasteiger partial charge on any atom is 0.282 e. The van der Waals surface area contributed by atoms with Gasteiger partial charge in [-0.1, -0.05) is 12.2 Å². The molecule has 23 heavy (non-hydrogen) atoms. The molecule has 126 valence electrons. The van der Waals surface area contributed by atoms with Crippen LogP contribution in [0.4, 0.5) is 0 Å². The van der Waals surface area contributed by atoms with Gasteiger partial charge in [0.25, 0.3) is 10.2 Å². The zero-order valence-corrected chi connectivity index (χ0v) is 14.0. The molecule has 0 radical (unpaired) electrons. The van der Waals surface area contributed by atoms with Gasteiger partial charge in [-0.3, -0.25) is 4.90 Å². The maximum atomic E-state index is 13.1. The summed E-state index contributed by atoms with van der Waals surface area (Å²) in [7, 11) is -3.42. The average molecular weight is 337 g/mol. The Bertz CT molecular complexity index is 663. The van der Waals surface area contributed by atoms with E-state index >= 15 is 0 Å². The molecule has 4 rings (SSSR count). The second kappa shape index (κ2) is 6.05. The normalized spacial score (nSPS) is 30.6. The van der Waals surface area contributed by atoms with Crippen molar-refractivity contribution in [3.8, 4) is 0 Å². The third-order valence-electron chi connectivity index (χ3n) is 5.19. The fourth-order valence-electron chi connectivity index (χ4n) is 3.94. The van der Waals surface area contributed by atoms with E-state index in [0.29, 0.717) is 25.7 Å². The molecule has 0 bridgehead atoms. The molecule has 0 unspecified atom stereocenters. The highest BCUT2D eigenvalue weighted by molar-refractivity contribution is 7.86. The lowest BCUT2D eigenvalue weighted by Crippen LogP contribution is -2.44. The lowest BCUT2D eigenvalue weighted by atomic mass is 10.2. The van der Waals surface area contributed by atoms with Gasteiger partial charge in [-0.25, -0.2) is 0 Å². The lowest BCUT2D eigenvalue weighted by Gasteiger charge is -2.28. The third kappa shape index (κ3) is 2.76. The van der Waals surface area contributed by atoms with Gasteiger partial charge in [-0.05, 0) is 31.4 Å². The van der Waals surface area contributed by atoms with Crippen LogP contribution >= 0.6 is 0 Å². The molecule has 2 saturated heterocycles. The van der Waals surface area contributed by atoms with Gasteiger partial charge in [0.2, 0.25) is 0 Å². The molecule has 0 saturated carbocycles. The Morgan fingerprint density at radius 3 is 2.70 bits per heavy atom. The Balaban J connectivity index is 1.49. The van der Waals surface area contributed by atoms with Crippen LogP contribution < -0.4 is 0 Å². The van der Waals surface area contributed by atoms with Crippen molar-refractivity contribution in [1.82, 2.24) is 13.5 Å². The number of hydrogen-bond donors (Lipinski definition) is 0. The van der Waals surface area contributed by atoms with Gasteiger partial charge in [-0.2, -0.15) is 17.0 Å². The van der Waals surface area contributed by atoms with Gasteiger partial charge >= 0.3 is 0 Å². The first-order valence-corrected chi connectivity index (χ1v) is 9.75. The predicted molar refractivity (Wildman–Crippen MR) is 87.0 cm³/mol. The maximum absolute atomic E-state index is 13.1. The highest BCUT2D eigenvalue weighted by Gasteiger charge is 2.43. The lowest BCUT2D eigenvalue weighted by molar-refractivity contribution is 0.256. The van der Waals surface area contributed by atoms with Crippen LogP contribution in [0.3, 0.4) is 0 Å². The molecule has 7 heteroatoms. The molecule has 0 aliphatic carbocycles. The second-order valence-electron chi connectivity index (χ2n) is 6.52. The molecular formula is C16H23N3O3S. The number of hydrogen-bond acceptors (Lipinski definition) is 4. The quantitative estimate of drug-likeness (QED) is 0.783. The summed E-state index contributed by atoms with van der Waals surface area (Å²) in [5.74, 6) is 0.755. The molecule has 2 fully saturated rings. The molecule has 2 atom stereocenters. The zero-order chi connectivity index (χ0) is 15.9. The largest absolute Gasteiger partial charge is 0.468 e. The molecule has 0 aromatic carbocycles. The molecule has 6 nitrogen and oxygen atoms in total. The van der Waals surface area contributed by atoms with E-state index in [9.17, 15) is 8.42 Å². The molecule has 4 heterocycles. The van der Waals surface area contributed by atoms with Crippen LogP contribution in [0.15, 0.2) is 35.0 Å². The molecule has 1 aromatic heterocycles. The van der Waals surface area contributed by atoms with Crippen molar-refractivity contribution in [2.75, 3.05) is 32.7 Å². The van der Waals surface area contributed by atoms with Crippen molar-refractivity contribution in [2.45, 2.75) is 31.3 Å². The number of furan rings is 1. The van der Waals surface area contributed by atoms with Crippen molar-refractivity contribution in [3.05, 3.63) is 36.3 Å². The summed E-state index contributed by atoms with van der Waals surface area (Å²) in [6.45, 7) is 3.69. The summed E-state index contributed by atoms with van der Waals surface area (Å²) in [4.78, 5) is 2.35. The Kier molecular flexibility index (Phi) is 4.05. The molecular weight excluding hydrogens is 314 g/mol. The van der Waals surface area contributed by atoms with Crippen LogP contribution in [-0.2, 0) is 10.2 Å². The standard InChI is InChI=1S/C16H23N3O3S/c20-23(21,18-11-7-14(13-18)17-8-1-2-9-17)19-10-3-5-15(19)16-6-4-12-22-16/h1-2,4,6,12,14-15H,3,5,7-11,13H2/t14-,15+/m1/s1. The van der Waals surface area contributed by atoms with Crippen molar-refractivity contribution in [3.63, 3.8) is 0 Å². The Morgan fingerprint density at radius 2 is 1.96 bits per heavy atom. The molecule has 1 aromatic rings. The Labute approximate surface area is 137 Å². The monoisotopic (exact) mass is 337 g/mol. The predicted octanol–water partition coefficient (Wildman–Crippen LogP) is 1.61. The number of rotatable bonds is 4. The van der Waals surface area contributed by atoms with E-state index in [4.69, 9.17) is 4.42 Å². The summed E-state index contributed by atoms with van der Waals surface area (Å²) in [6.07, 6.45) is 8.57. The van der Waals surface area contributed by atoms with E-state index in [1.165, 1.54) is 0 Å². The SMILES string of the molecule is O=S(=O)(N1CC[C@@H](N2CC=CC2)C1)N1CCC[C@H]1c1ccco1. The van der Waals surface area contributed by atoms with Crippen LogP contribution in [0.5, 0.6) is 0 Å². The van der Waals surface area contributed by atoms with Crippen molar-refractivity contribution in [2.24, 2.45) is 0 Å². The van der Waals surface area contributed by atoms with E-state index in [1.54, 1.807) is 14.9 Å². The van der Waals surface area contributed by atoms with Gasteiger partial charge in [0.05, 0.1) is 12.3 Å². The highest BCUT2D eigenvalue weighted by Crippen LogP contribution is 2.36. The van der Waals surface area contributed by atoms with Crippen molar-refractivity contribution < 1.29 is 12.8 Å². The smallest absolute Gasteiger partial charge is 0.282 e. The molecule has 3 aliphatic rings. The first-order valence-electron chi connectivity index (χ1n) is 8.35.